The number of hydrogen-bond acceptors (Lipinski definition) is 6. The van der Waals surface area contributed by atoms with E-state index in [0.717, 1.165) is 6.07 Å². The molecule has 0 aromatic heterocycles. The van der Waals surface area contributed by atoms with E-state index in [-0.39, 0.29) is 27.7 Å². The van der Waals surface area contributed by atoms with Gasteiger partial charge >= 0.3 is 5.97 Å². The number of non-ortho nitro benzene ring substituents is 1. The number of rotatable bonds is 6. The Hall–Kier alpha value is -2.84. The van der Waals surface area contributed by atoms with Crippen LogP contribution in [0.5, 0.6) is 5.75 Å². The van der Waals surface area contributed by atoms with Gasteiger partial charge < -0.3 is 14.8 Å². The number of carbonyl (C=O) groups excluding carboxylic acids is 2. The van der Waals surface area contributed by atoms with Crippen molar-refractivity contribution in [1.82, 2.24) is 0 Å². The summed E-state index contributed by atoms with van der Waals surface area (Å²) in [5.74, 6) is -1.22. The van der Waals surface area contributed by atoms with Crippen LogP contribution in [0.25, 0.3) is 0 Å². The van der Waals surface area contributed by atoms with Gasteiger partial charge in [-0.1, -0.05) is 23.2 Å². The average molecular weight is 413 g/mol. The van der Waals surface area contributed by atoms with Gasteiger partial charge in [-0.25, -0.2) is 4.79 Å². The molecule has 0 saturated heterocycles. The van der Waals surface area contributed by atoms with Gasteiger partial charge in [-0.3, -0.25) is 14.9 Å². The summed E-state index contributed by atoms with van der Waals surface area (Å²) in [5, 5.41) is 13.4. The normalized spacial score (nSPS) is 11.4. The summed E-state index contributed by atoms with van der Waals surface area (Å²) >= 11 is 11.8. The van der Waals surface area contributed by atoms with Gasteiger partial charge in [-0.15, -0.1) is 0 Å². The Kier molecular flexibility index (Phi) is 6.59. The summed E-state index contributed by atoms with van der Waals surface area (Å²) in [6.07, 6.45) is -1.17. The lowest BCUT2D eigenvalue weighted by atomic mass is 10.2. The van der Waals surface area contributed by atoms with E-state index in [1.165, 1.54) is 38.3 Å². The summed E-state index contributed by atoms with van der Waals surface area (Å²) in [6, 6.07) is 7.98. The Morgan fingerprint density at radius 1 is 1.19 bits per heavy atom. The van der Waals surface area contributed by atoms with Crippen LogP contribution in [0.15, 0.2) is 36.4 Å². The van der Waals surface area contributed by atoms with Crippen LogP contribution in [0.3, 0.4) is 0 Å². The average Bonchev–Trinajstić information content (AvgIpc) is 2.62. The predicted octanol–water partition coefficient (Wildman–Crippen LogP) is 4.09. The van der Waals surface area contributed by atoms with Gasteiger partial charge in [-0.05, 0) is 31.2 Å². The molecule has 0 heterocycles. The van der Waals surface area contributed by atoms with Gasteiger partial charge in [0.05, 0.1) is 22.7 Å². The molecule has 1 amide bonds. The number of anilines is 1. The van der Waals surface area contributed by atoms with Crippen LogP contribution >= 0.6 is 23.2 Å². The maximum atomic E-state index is 12.3. The number of methoxy groups -OCH3 is 1. The quantitative estimate of drug-likeness (QED) is 0.434. The van der Waals surface area contributed by atoms with E-state index in [9.17, 15) is 19.7 Å². The van der Waals surface area contributed by atoms with Crippen LogP contribution in [-0.4, -0.2) is 30.0 Å². The fourth-order valence-electron chi connectivity index (χ4n) is 2.07. The molecule has 1 N–H and O–H groups in total. The third-order valence-corrected chi connectivity index (χ3v) is 4.00. The number of halogens is 2. The first-order valence-corrected chi connectivity index (χ1v) is 8.28. The number of benzene rings is 2. The highest BCUT2D eigenvalue weighted by atomic mass is 35.5. The van der Waals surface area contributed by atoms with Crippen LogP contribution in [-0.2, 0) is 9.53 Å². The molecular weight excluding hydrogens is 399 g/mol. The molecule has 27 heavy (non-hydrogen) atoms. The van der Waals surface area contributed by atoms with Crippen molar-refractivity contribution in [1.29, 1.82) is 0 Å². The first kappa shape index (κ1) is 20.5. The van der Waals surface area contributed by atoms with Gasteiger partial charge in [0.1, 0.15) is 11.3 Å². The van der Waals surface area contributed by atoms with Crippen molar-refractivity contribution < 1.29 is 24.0 Å². The maximum Gasteiger partial charge on any atom is 0.342 e. The van der Waals surface area contributed by atoms with E-state index in [2.05, 4.69) is 5.32 Å². The van der Waals surface area contributed by atoms with Crippen molar-refractivity contribution in [2.75, 3.05) is 12.4 Å². The zero-order chi connectivity index (χ0) is 20.1. The maximum absolute atomic E-state index is 12.3. The zero-order valence-electron chi connectivity index (χ0n) is 14.2. The largest absolute Gasteiger partial charge is 0.496 e. The van der Waals surface area contributed by atoms with E-state index in [1.54, 1.807) is 6.07 Å². The van der Waals surface area contributed by atoms with Gasteiger partial charge in [0.25, 0.3) is 11.6 Å². The molecule has 0 aliphatic carbocycles. The Morgan fingerprint density at radius 3 is 2.48 bits per heavy atom. The number of nitrogens with one attached hydrogen (secondary N) is 1. The monoisotopic (exact) mass is 412 g/mol. The molecule has 2 aromatic rings. The van der Waals surface area contributed by atoms with E-state index in [0.29, 0.717) is 5.02 Å². The Morgan fingerprint density at radius 2 is 1.89 bits per heavy atom. The van der Waals surface area contributed by atoms with Gasteiger partial charge in [0.15, 0.2) is 6.10 Å². The second-order valence-corrected chi connectivity index (χ2v) is 6.15. The summed E-state index contributed by atoms with van der Waals surface area (Å²) in [7, 11) is 1.38. The SMILES string of the molecule is COc1ccc(Cl)cc1C(=O)O[C@H](C)C(=O)Nc1ccc([N+](=O)[O-])cc1Cl. The first-order valence-electron chi connectivity index (χ1n) is 7.52. The zero-order valence-corrected chi connectivity index (χ0v) is 15.7. The smallest absolute Gasteiger partial charge is 0.342 e. The minimum Gasteiger partial charge on any atom is -0.496 e. The molecule has 0 radical (unpaired) electrons. The van der Waals surface area contributed by atoms with Crippen LogP contribution in [0, 0.1) is 10.1 Å². The number of amides is 1. The summed E-state index contributed by atoms with van der Waals surface area (Å²) in [5.41, 5.74) is -0.000883. The van der Waals surface area contributed by atoms with E-state index in [4.69, 9.17) is 32.7 Å². The molecule has 10 heteroatoms. The summed E-state index contributed by atoms with van der Waals surface area (Å²) in [4.78, 5) is 34.6. The Bertz CT molecular complexity index is 903. The molecule has 8 nitrogen and oxygen atoms in total. The molecule has 0 saturated carbocycles. The standard InChI is InChI=1S/C17H14Cl2N2O6/c1-9(27-17(23)12-7-10(18)3-6-15(12)26-2)16(22)20-14-5-4-11(21(24)25)8-13(14)19/h3-9H,1-2H3,(H,20,22)/t9-/m1/s1. The van der Waals surface area contributed by atoms with Gasteiger partial charge in [-0.2, -0.15) is 0 Å². The first-order chi connectivity index (χ1) is 12.7. The van der Waals surface area contributed by atoms with Crippen LogP contribution in [0.1, 0.15) is 17.3 Å². The van der Waals surface area contributed by atoms with Crippen molar-refractivity contribution in [3.05, 3.63) is 62.1 Å². The highest BCUT2D eigenvalue weighted by Gasteiger charge is 2.22. The number of nitrogens with zero attached hydrogens (tertiary/aromatic N) is 1. The van der Waals surface area contributed by atoms with Gasteiger partial charge in [0.2, 0.25) is 0 Å². The molecular formula is C17H14Cl2N2O6. The molecule has 0 spiro atoms. The van der Waals surface area contributed by atoms with E-state index >= 15 is 0 Å². The van der Waals surface area contributed by atoms with Crippen LogP contribution in [0.2, 0.25) is 10.0 Å². The number of nitro benzene ring substituents is 1. The topological polar surface area (TPSA) is 108 Å². The number of carbonyl (C=O) groups is 2. The molecule has 0 bridgehead atoms. The highest BCUT2D eigenvalue weighted by molar-refractivity contribution is 6.34. The second-order valence-electron chi connectivity index (χ2n) is 5.30. The number of esters is 1. The van der Waals surface area contributed by atoms with Crippen LogP contribution < -0.4 is 10.1 Å². The molecule has 2 rings (SSSR count). The summed E-state index contributed by atoms with van der Waals surface area (Å²) < 4.78 is 10.2. The molecule has 1 atom stereocenters. The van der Waals surface area contributed by atoms with Crippen molar-refractivity contribution in [3.8, 4) is 5.75 Å². The molecule has 2 aromatic carbocycles. The van der Waals surface area contributed by atoms with Crippen molar-refractivity contribution in [2.24, 2.45) is 0 Å². The van der Waals surface area contributed by atoms with E-state index in [1.807, 2.05) is 0 Å². The van der Waals surface area contributed by atoms with Crippen molar-refractivity contribution in [3.63, 3.8) is 0 Å². The van der Waals surface area contributed by atoms with Gasteiger partial charge in [0, 0.05) is 17.2 Å². The minimum absolute atomic E-state index is 0.0208. The fourth-order valence-corrected chi connectivity index (χ4v) is 2.46. The Balaban J connectivity index is 2.09. The Labute approximate surface area is 164 Å². The number of nitro groups is 1. The van der Waals surface area contributed by atoms with Crippen molar-refractivity contribution >= 4 is 46.5 Å². The molecule has 0 unspecified atom stereocenters. The molecule has 142 valence electrons. The predicted molar refractivity (Wildman–Crippen MR) is 99.6 cm³/mol. The van der Waals surface area contributed by atoms with E-state index < -0.39 is 22.9 Å². The number of ether oxygens (including phenoxy) is 2. The second kappa shape index (κ2) is 8.70. The number of hydrogen-bond donors (Lipinski definition) is 1. The minimum atomic E-state index is -1.17. The molecule has 0 aliphatic heterocycles. The summed E-state index contributed by atoms with van der Waals surface area (Å²) in [6.45, 7) is 1.36. The van der Waals surface area contributed by atoms with Crippen LogP contribution in [0.4, 0.5) is 11.4 Å². The molecule has 0 aliphatic rings. The lowest BCUT2D eigenvalue weighted by molar-refractivity contribution is -0.384. The molecule has 0 fully saturated rings. The third kappa shape index (κ3) is 5.08. The lowest BCUT2D eigenvalue weighted by Crippen LogP contribution is -2.30. The lowest BCUT2D eigenvalue weighted by Gasteiger charge is -2.15. The fraction of sp³-hybridized carbons (Fsp3) is 0.176. The van der Waals surface area contributed by atoms with Crippen molar-refractivity contribution in [2.45, 2.75) is 13.0 Å². The highest BCUT2D eigenvalue weighted by Crippen LogP contribution is 2.27. The third-order valence-electron chi connectivity index (χ3n) is 3.46.